The number of aromatic amines is 1. The lowest BCUT2D eigenvalue weighted by Gasteiger charge is -2.17. The van der Waals surface area contributed by atoms with Gasteiger partial charge in [0.1, 0.15) is 6.04 Å². The summed E-state index contributed by atoms with van der Waals surface area (Å²) in [5.41, 5.74) is 3.34. The van der Waals surface area contributed by atoms with Crippen molar-refractivity contribution in [3.05, 3.63) is 59.7 Å². The van der Waals surface area contributed by atoms with Gasteiger partial charge in [0, 0.05) is 5.56 Å². The highest BCUT2D eigenvalue weighted by Crippen LogP contribution is 2.16. The number of hydrogen-bond donors (Lipinski definition) is 3. The molecule has 0 fully saturated rings. The predicted molar refractivity (Wildman–Crippen MR) is 111 cm³/mol. The zero-order chi connectivity index (χ0) is 20.1. The van der Waals surface area contributed by atoms with Crippen molar-refractivity contribution in [2.45, 2.75) is 45.6 Å². The number of rotatable bonds is 7. The van der Waals surface area contributed by atoms with Crippen molar-refractivity contribution in [1.29, 1.82) is 0 Å². The van der Waals surface area contributed by atoms with Crippen LogP contribution in [0.15, 0.2) is 48.5 Å². The number of carbonyl (C=O) groups excluding carboxylic acids is 2. The minimum absolute atomic E-state index is 0.256. The first-order valence-electron chi connectivity index (χ1n) is 9.64. The van der Waals surface area contributed by atoms with Gasteiger partial charge in [-0.05, 0) is 42.2 Å². The standard InChI is InChI=1S/C22H26N4O2/c1-4-7-19(23-20(27)16-12-10-15(11-13-16)14(2)3)21(28)26-22-24-17-8-5-6-9-18(17)25-22/h5-6,8-14,19H,4,7H2,1-3H3,(H,23,27)(H2,24,25,26,28)/t19-/m1/s1. The van der Waals surface area contributed by atoms with Crippen LogP contribution in [-0.2, 0) is 4.79 Å². The highest BCUT2D eigenvalue weighted by Gasteiger charge is 2.21. The summed E-state index contributed by atoms with van der Waals surface area (Å²) in [5, 5.41) is 5.62. The summed E-state index contributed by atoms with van der Waals surface area (Å²) >= 11 is 0. The molecule has 2 aromatic carbocycles. The Bertz CT molecular complexity index is 927. The van der Waals surface area contributed by atoms with Gasteiger partial charge in [-0.15, -0.1) is 0 Å². The van der Waals surface area contributed by atoms with Gasteiger partial charge >= 0.3 is 0 Å². The third-order valence-corrected chi connectivity index (χ3v) is 4.67. The van der Waals surface area contributed by atoms with Crippen LogP contribution in [0, 0.1) is 0 Å². The molecule has 1 heterocycles. The fraction of sp³-hybridized carbons (Fsp3) is 0.318. The molecule has 0 spiro atoms. The van der Waals surface area contributed by atoms with E-state index in [0.29, 0.717) is 23.9 Å². The van der Waals surface area contributed by atoms with Gasteiger partial charge in [-0.25, -0.2) is 4.98 Å². The van der Waals surface area contributed by atoms with E-state index in [9.17, 15) is 9.59 Å². The molecule has 6 heteroatoms. The van der Waals surface area contributed by atoms with Crippen molar-refractivity contribution in [1.82, 2.24) is 15.3 Å². The van der Waals surface area contributed by atoms with Gasteiger partial charge in [0.2, 0.25) is 11.9 Å². The van der Waals surface area contributed by atoms with Crippen LogP contribution >= 0.6 is 0 Å². The quantitative estimate of drug-likeness (QED) is 0.575. The first-order chi connectivity index (χ1) is 13.5. The van der Waals surface area contributed by atoms with Crippen molar-refractivity contribution in [3.8, 4) is 0 Å². The van der Waals surface area contributed by atoms with Crippen LogP contribution in [-0.4, -0.2) is 27.8 Å². The highest BCUT2D eigenvalue weighted by atomic mass is 16.2. The maximum absolute atomic E-state index is 12.7. The number of H-pyrrole nitrogens is 1. The number of nitrogens with zero attached hydrogens (tertiary/aromatic N) is 1. The van der Waals surface area contributed by atoms with Crippen LogP contribution in [0.4, 0.5) is 5.95 Å². The molecule has 3 rings (SSSR count). The van der Waals surface area contributed by atoms with Crippen molar-refractivity contribution >= 4 is 28.8 Å². The third kappa shape index (κ3) is 4.57. The summed E-state index contributed by atoms with van der Waals surface area (Å²) in [4.78, 5) is 32.7. The number of benzene rings is 2. The Morgan fingerprint density at radius 1 is 1.07 bits per heavy atom. The number of nitrogens with one attached hydrogen (secondary N) is 3. The number of fused-ring (bicyclic) bond motifs is 1. The van der Waals surface area contributed by atoms with Gasteiger partial charge in [-0.2, -0.15) is 0 Å². The summed E-state index contributed by atoms with van der Waals surface area (Å²) in [7, 11) is 0. The van der Waals surface area contributed by atoms with Crippen LogP contribution in [0.1, 0.15) is 55.5 Å². The topological polar surface area (TPSA) is 86.9 Å². The van der Waals surface area contributed by atoms with Gasteiger partial charge in [0.15, 0.2) is 0 Å². The predicted octanol–water partition coefficient (Wildman–Crippen LogP) is 4.22. The maximum Gasteiger partial charge on any atom is 0.251 e. The zero-order valence-corrected chi connectivity index (χ0v) is 16.5. The van der Waals surface area contributed by atoms with Gasteiger partial charge in [0.25, 0.3) is 5.91 Å². The summed E-state index contributed by atoms with van der Waals surface area (Å²) in [6, 6.07) is 14.4. The van der Waals surface area contributed by atoms with E-state index in [1.807, 2.05) is 43.3 Å². The van der Waals surface area contributed by atoms with E-state index in [-0.39, 0.29) is 11.8 Å². The van der Waals surface area contributed by atoms with E-state index in [1.54, 1.807) is 12.1 Å². The van der Waals surface area contributed by atoms with E-state index in [0.717, 1.165) is 17.5 Å². The summed E-state index contributed by atoms with van der Waals surface area (Å²) in [6.07, 6.45) is 1.31. The Balaban J connectivity index is 1.69. The molecule has 0 unspecified atom stereocenters. The highest BCUT2D eigenvalue weighted by molar-refractivity contribution is 6.01. The molecular formula is C22H26N4O2. The second kappa shape index (κ2) is 8.69. The normalized spacial score (nSPS) is 12.1. The Morgan fingerprint density at radius 2 is 1.79 bits per heavy atom. The van der Waals surface area contributed by atoms with E-state index in [1.165, 1.54) is 5.56 Å². The lowest BCUT2D eigenvalue weighted by atomic mass is 10.0. The molecule has 0 radical (unpaired) electrons. The Morgan fingerprint density at radius 3 is 2.43 bits per heavy atom. The average Bonchev–Trinajstić information content (AvgIpc) is 3.09. The molecule has 0 aliphatic heterocycles. The average molecular weight is 378 g/mol. The van der Waals surface area contributed by atoms with Gasteiger partial charge < -0.3 is 10.3 Å². The second-order valence-corrected chi connectivity index (χ2v) is 7.18. The number of aromatic nitrogens is 2. The Labute approximate surface area is 164 Å². The van der Waals surface area contributed by atoms with Gasteiger partial charge in [0.05, 0.1) is 11.0 Å². The van der Waals surface area contributed by atoms with E-state index in [4.69, 9.17) is 0 Å². The molecule has 3 N–H and O–H groups in total. The molecule has 0 aliphatic rings. The lowest BCUT2D eigenvalue weighted by molar-refractivity contribution is -0.118. The number of carbonyl (C=O) groups is 2. The number of imidazole rings is 1. The zero-order valence-electron chi connectivity index (χ0n) is 16.5. The van der Waals surface area contributed by atoms with Crippen molar-refractivity contribution in [2.24, 2.45) is 0 Å². The van der Waals surface area contributed by atoms with Crippen LogP contribution in [0.25, 0.3) is 11.0 Å². The summed E-state index contributed by atoms with van der Waals surface area (Å²) in [5.74, 6) is 0.240. The van der Waals surface area contributed by atoms with Crippen LogP contribution in [0.5, 0.6) is 0 Å². The van der Waals surface area contributed by atoms with Crippen molar-refractivity contribution in [2.75, 3.05) is 5.32 Å². The fourth-order valence-electron chi connectivity index (χ4n) is 3.03. The minimum Gasteiger partial charge on any atom is -0.340 e. The van der Waals surface area contributed by atoms with E-state index in [2.05, 4.69) is 34.4 Å². The first-order valence-corrected chi connectivity index (χ1v) is 9.64. The molecule has 3 aromatic rings. The number of amides is 2. The molecule has 146 valence electrons. The smallest absolute Gasteiger partial charge is 0.251 e. The largest absolute Gasteiger partial charge is 0.340 e. The summed E-state index contributed by atoms with van der Waals surface area (Å²) < 4.78 is 0. The van der Waals surface area contributed by atoms with Crippen molar-refractivity contribution in [3.63, 3.8) is 0 Å². The Hall–Kier alpha value is -3.15. The number of hydrogen-bond acceptors (Lipinski definition) is 3. The lowest BCUT2D eigenvalue weighted by Crippen LogP contribution is -2.43. The number of para-hydroxylation sites is 2. The molecule has 6 nitrogen and oxygen atoms in total. The van der Waals surface area contributed by atoms with Crippen molar-refractivity contribution < 1.29 is 9.59 Å². The first kappa shape index (κ1) is 19.6. The molecule has 0 saturated heterocycles. The van der Waals surface area contributed by atoms with Gasteiger partial charge in [-0.3, -0.25) is 14.9 Å². The molecule has 1 aromatic heterocycles. The third-order valence-electron chi connectivity index (χ3n) is 4.67. The maximum atomic E-state index is 12.7. The van der Waals surface area contributed by atoms with Crippen LogP contribution in [0.3, 0.4) is 0 Å². The molecule has 0 bridgehead atoms. The van der Waals surface area contributed by atoms with E-state index >= 15 is 0 Å². The molecule has 0 saturated carbocycles. The second-order valence-electron chi connectivity index (χ2n) is 7.18. The minimum atomic E-state index is -0.629. The molecular weight excluding hydrogens is 352 g/mol. The number of anilines is 1. The van der Waals surface area contributed by atoms with Crippen LogP contribution < -0.4 is 10.6 Å². The molecule has 28 heavy (non-hydrogen) atoms. The fourth-order valence-corrected chi connectivity index (χ4v) is 3.03. The molecule has 2 amide bonds. The van der Waals surface area contributed by atoms with E-state index < -0.39 is 6.04 Å². The Kier molecular flexibility index (Phi) is 6.09. The van der Waals surface area contributed by atoms with Crippen LogP contribution in [0.2, 0.25) is 0 Å². The SMILES string of the molecule is CCC[C@@H](NC(=O)c1ccc(C(C)C)cc1)C(=O)Nc1nc2ccccc2[nH]1. The monoisotopic (exact) mass is 378 g/mol. The molecule has 0 aliphatic carbocycles. The van der Waals surface area contributed by atoms with Gasteiger partial charge in [-0.1, -0.05) is 51.5 Å². The molecule has 1 atom stereocenters. The summed E-state index contributed by atoms with van der Waals surface area (Å²) in [6.45, 7) is 6.19.